The summed E-state index contributed by atoms with van der Waals surface area (Å²) in [6.45, 7) is 0. The summed E-state index contributed by atoms with van der Waals surface area (Å²) in [5.41, 5.74) is 1.22. The summed E-state index contributed by atoms with van der Waals surface area (Å²) in [5, 5.41) is 5.50. The SMILES string of the molecule is CN(C)C(=O)c1ccc(NC(=S)NC(=O)c2ccc(Br)o2)cc1. The predicted octanol–water partition coefficient (Wildman–Crippen LogP) is 2.87. The first-order valence-corrected chi connectivity index (χ1v) is 7.76. The van der Waals surface area contributed by atoms with Crippen LogP contribution in [0.1, 0.15) is 20.9 Å². The summed E-state index contributed by atoms with van der Waals surface area (Å²) in [5.74, 6) is -0.392. The average molecular weight is 396 g/mol. The fourth-order valence-electron chi connectivity index (χ4n) is 1.72. The number of hydrogen-bond acceptors (Lipinski definition) is 4. The Balaban J connectivity index is 1.95. The highest BCUT2D eigenvalue weighted by molar-refractivity contribution is 9.10. The zero-order chi connectivity index (χ0) is 17.0. The lowest BCUT2D eigenvalue weighted by Crippen LogP contribution is -2.33. The maximum Gasteiger partial charge on any atom is 0.293 e. The van der Waals surface area contributed by atoms with Gasteiger partial charge in [0, 0.05) is 25.3 Å². The third-order valence-corrected chi connectivity index (χ3v) is 3.45. The predicted molar refractivity (Wildman–Crippen MR) is 94.6 cm³/mol. The molecule has 0 spiro atoms. The fraction of sp³-hybridized carbons (Fsp3) is 0.133. The van der Waals surface area contributed by atoms with Gasteiger partial charge in [-0.2, -0.15) is 0 Å². The maximum atomic E-state index is 11.9. The van der Waals surface area contributed by atoms with Gasteiger partial charge in [-0.3, -0.25) is 14.9 Å². The molecule has 120 valence electrons. The van der Waals surface area contributed by atoms with Crippen LogP contribution in [0.3, 0.4) is 0 Å². The molecule has 0 radical (unpaired) electrons. The monoisotopic (exact) mass is 395 g/mol. The van der Waals surface area contributed by atoms with E-state index in [1.807, 2.05) is 0 Å². The van der Waals surface area contributed by atoms with Crippen LogP contribution < -0.4 is 10.6 Å². The van der Waals surface area contributed by atoms with Crippen LogP contribution in [0, 0.1) is 0 Å². The molecule has 1 heterocycles. The molecule has 2 amide bonds. The van der Waals surface area contributed by atoms with Crippen molar-refractivity contribution < 1.29 is 14.0 Å². The molecule has 23 heavy (non-hydrogen) atoms. The van der Waals surface area contributed by atoms with Crippen molar-refractivity contribution >= 4 is 50.8 Å². The highest BCUT2D eigenvalue weighted by Crippen LogP contribution is 2.14. The standard InChI is InChI=1S/C15H14BrN3O3S/c1-19(2)14(21)9-3-5-10(6-4-9)17-15(23)18-13(20)11-7-8-12(16)22-11/h3-8H,1-2H3,(H2,17,18,20,23). The van der Waals surface area contributed by atoms with Gasteiger partial charge >= 0.3 is 0 Å². The van der Waals surface area contributed by atoms with Crippen molar-refractivity contribution in [2.45, 2.75) is 0 Å². The van der Waals surface area contributed by atoms with Crippen LogP contribution in [0.25, 0.3) is 0 Å². The Bertz CT molecular complexity index is 741. The van der Waals surface area contributed by atoms with Gasteiger partial charge in [0.15, 0.2) is 15.5 Å². The minimum atomic E-state index is -0.451. The molecule has 0 saturated carbocycles. The highest BCUT2D eigenvalue weighted by atomic mass is 79.9. The molecule has 2 rings (SSSR count). The van der Waals surface area contributed by atoms with E-state index in [1.165, 1.54) is 11.0 Å². The summed E-state index contributed by atoms with van der Waals surface area (Å²) in [7, 11) is 3.37. The molecule has 1 aromatic heterocycles. The van der Waals surface area contributed by atoms with Crippen LogP contribution in [0.2, 0.25) is 0 Å². The van der Waals surface area contributed by atoms with Gasteiger partial charge in [0.2, 0.25) is 0 Å². The van der Waals surface area contributed by atoms with Gasteiger partial charge in [-0.25, -0.2) is 0 Å². The van der Waals surface area contributed by atoms with Crippen molar-refractivity contribution in [1.29, 1.82) is 0 Å². The Hall–Kier alpha value is -2.19. The Labute approximate surface area is 147 Å². The van der Waals surface area contributed by atoms with Gasteiger partial charge in [0.1, 0.15) is 0 Å². The molecule has 2 aromatic rings. The molecule has 0 bridgehead atoms. The van der Waals surface area contributed by atoms with Crippen LogP contribution >= 0.6 is 28.1 Å². The summed E-state index contributed by atoms with van der Waals surface area (Å²) < 4.78 is 5.60. The number of thiocarbonyl (C=S) groups is 1. The molecule has 0 saturated heterocycles. The second kappa shape index (κ2) is 7.38. The summed E-state index contributed by atoms with van der Waals surface area (Å²) >= 11 is 8.20. The molecule has 0 aliphatic carbocycles. The maximum absolute atomic E-state index is 11.9. The molecular formula is C15H14BrN3O3S. The van der Waals surface area contributed by atoms with Crippen LogP contribution in [0.5, 0.6) is 0 Å². The number of furan rings is 1. The van der Waals surface area contributed by atoms with Crippen molar-refractivity contribution in [3.63, 3.8) is 0 Å². The number of carbonyl (C=O) groups is 2. The molecular weight excluding hydrogens is 382 g/mol. The molecule has 1 aromatic carbocycles. The molecule has 0 aliphatic rings. The number of hydrogen-bond donors (Lipinski definition) is 2. The molecule has 0 unspecified atom stereocenters. The lowest BCUT2D eigenvalue weighted by atomic mass is 10.2. The minimum Gasteiger partial charge on any atom is -0.444 e. The second-order valence-corrected chi connectivity index (χ2v) is 5.98. The summed E-state index contributed by atoms with van der Waals surface area (Å²) in [6.07, 6.45) is 0. The topological polar surface area (TPSA) is 74.6 Å². The van der Waals surface area contributed by atoms with Gasteiger partial charge in [-0.15, -0.1) is 0 Å². The van der Waals surface area contributed by atoms with Crippen molar-refractivity contribution in [1.82, 2.24) is 10.2 Å². The van der Waals surface area contributed by atoms with Gasteiger partial charge in [0.25, 0.3) is 11.8 Å². The minimum absolute atomic E-state index is 0.0872. The number of amides is 2. The number of nitrogens with zero attached hydrogens (tertiary/aromatic N) is 1. The third kappa shape index (κ3) is 4.64. The zero-order valence-electron chi connectivity index (χ0n) is 12.4. The number of carbonyl (C=O) groups excluding carboxylic acids is 2. The van der Waals surface area contributed by atoms with Gasteiger partial charge < -0.3 is 14.6 Å². The van der Waals surface area contributed by atoms with E-state index in [-0.39, 0.29) is 16.8 Å². The number of anilines is 1. The summed E-state index contributed by atoms with van der Waals surface area (Å²) in [6, 6.07) is 9.92. The Morgan fingerprint density at radius 3 is 2.30 bits per heavy atom. The fourth-order valence-corrected chi connectivity index (χ4v) is 2.23. The average Bonchev–Trinajstić information content (AvgIpc) is 2.93. The quantitative estimate of drug-likeness (QED) is 0.781. The highest BCUT2D eigenvalue weighted by Gasteiger charge is 2.12. The molecule has 0 fully saturated rings. The van der Waals surface area contributed by atoms with Crippen LogP contribution in [0.4, 0.5) is 5.69 Å². The van der Waals surface area contributed by atoms with Crippen LogP contribution in [0.15, 0.2) is 45.5 Å². The molecule has 8 heteroatoms. The van der Waals surface area contributed by atoms with E-state index in [0.717, 1.165) is 0 Å². The number of halogens is 1. The first-order valence-electron chi connectivity index (χ1n) is 6.56. The Morgan fingerprint density at radius 1 is 1.13 bits per heavy atom. The van der Waals surface area contributed by atoms with Crippen molar-refractivity contribution in [3.8, 4) is 0 Å². The first kappa shape index (κ1) is 17.2. The molecule has 0 atom stereocenters. The van der Waals surface area contributed by atoms with Gasteiger partial charge in [-0.1, -0.05) is 0 Å². The van der Waals surface area contributed by atoms with E-state index in [1.54, 1.807) is 44.4 Å². The number of nitrogens with one attached hydrogen (secondary N) is 2. The van der Waals surface area contributed by atoms with E-state index >= 15 is 0 Å². The van der Waals surface area contributed by atoms with Crippen LogP contribution in [-0.2, 0) is 0 Å². The zero-order valence-corrected chi connectivity index (χ0v) is 14.8. The van der Waals surface area contributed by atoms with E-state index in [2.05, 4.69) is 26.6 Å². The number of benzene rings is 1. The number of rotatable bonds is 3. The first-order chi connectivity index (χ1) is 10.9. The Morgan fingerprint density at radius 2 is 1.78 bits per heavy atom. The van der Waals surface area contributed by atoms with Crippen LogP contribution in [-0.4, -0.2) is 35.9 Å². The van der Waals surface area contributed by atoms with E-state index < -0.39 is 5.91 Å². The van der Waals surface area contributed by atoms with Crippen molar-refractivity contribution in [2.24, 2.45) is 0 Å². The van der Waals surface area contributed by atoms with Gasteiger partial charge in [0.05, 0.1) is 0 Å². The van der Waals surface area contributed by atoms with E-state index in [9.17, 15) is 9.59 Å². The van der Waals surface area contributed by atoms with Gasteiger partial charge in [-0.05, 0) is 64.5 Å². The largest absolute Gasteiger partial charge is 0.444 e. The lowest BCUT2D eigenvalue weighted by Gasteiger charge is -2.12. The lowest BCUT2D eigenvalue weighted by molar-refractivity contribution is 0.0827. The van der Waals surface area contributed by atoms with E-state index in [0.29, 0.717) is 15.9 Å². The van der Waals surface area contributed by atoms with Crippen molar-refractivity contribution in [2.75, 3.05) is 19.4 Å². The summed E-state index contributed by atoms with van der Waals surface area (Å²) in [4.78, 5) is 25.2. The molecule has 2 N–H and O–H groups in total. The Kier molecular flexibility index (Phi) is 5.51. The third-order valence-electron chi connectivity index (χ3n) is 2.82. The molecule has 6 nitrogen and oxygen atoms in total. The molecule has 0 aliphatic heterocycles. The second-order valence-electron chi connectivity index (χ2n) is 4.79. The van der Waals surface area contributed by atoms with Crippen molar-refractivity contribution in [3.05, 3.63) is 52.4 Å². The van der Waals surface area contributed by atoms with E-state index in [4.69, 9.17) is 16.6 Å². The smallest absolute Gasteiger partial charge is 0.293 e. The normalized spacial score (nSPS) is 10.0.